The van der Waals surface area contributed by atoms with Crippen molar-refractivity contribution in [3.63, 3.8) is 0 Å². The molecule has 0 bridgehead atoms. The van der Waals surface area contributed by atoms with Gasteiger partial charge in [0.1, 0.15) is 5.82 Å². The predicted molar refractivity (Wildman–Crippen MR) is 107 cm³/mol. The van der Waals surface area contributed by atoms with Crippen LogP contribution in [0.15, 0.2) is 30.7 Å². The number of nitrogens with zero attached hydrogens (tertiary/aromatic N) is 3. The van der Waals surface area contributed by atoms with Crippen LogP contribution >= 0.6 is 0 Å². The van der Waals surface area contributed by atoms with Gasteiger partial charge in [-0.25, -0.2) is 9.97 Å². The van der Waals surface area contributed by atoms with E-state index in [4.69, 9.17) is 4.98 Å². The molecule has 0 aliphatic heterocycles. The van der Waals surface area contributed by atoms with E-state index in [0.29, 0.717) is 11.8 Å². The van der Waals surface area contributed by atoms with Gasteiger partial charge in [-0.1, -0.05) is 20.8 Å². The summed E-state index contributed by atoms with van der Waals surface area (Å²) in [5.74, 6) is 1.96. The number of nitrogens with one attached hydrogen (secondary N) is 1. The van der Waals surface area contributed by atoms with E-state index in [1.165, 1.54) is 0 Å². The van der Waals surface area contributed by atoms with Crippen LogP contribution in [-0.4, -0.2) is 27.4 Å². The first kappa shape index (κ1) is 19.5. The molecule has 2 aromatic heterocycles. The van der Waals surface area contributed by atoms with E-state index in [1.807, 2.05) is 58.4 Å². The number of aryl methyl sites for hydroxylation is 1. The summed E-state index contributed by atoms with van der Waals surface area (Å²) in [7, 11) is 0. The molecule has 0 atom stereocenters. The van der Waals surface area contributed by atoms with E-state index in [-0.39, 0.29) is 11.3 Å². The molecule has 3 rings (SSSR count). The van der Waals surface area contributed by atoms with Crippen LogP contribution in [-0.2, 0) is 4.79 Å². The van der Waals surface area contributed by atoms with Crippen molar-refractivity contribution in [3.8, 4) is 11.1 Å². The van der Waals surface area contributed by atoms with E-state index in [9.17, 15) is 4.79 Å². The van der Waals surface area contributed by atoms with Crippen molar-refractivity contribution in [1.29, 1.82) is 0 Å². The molecule has 5 heteroatoms. The molecule has 27 heavy (non-hydrogen) atoms. The monoisotopic (exact) mass is 366 g/mol. The molecule has 0 aromatic carbocycles. The molecule has 1 N–H and O–H groups in total. The lowest BCUT2D eigenvalue weighted by molar-refractivity contribution is -0.128. The SMILES string of the molecule is Cc1ncc(-c2ccncc2)c(C2CCC(CNC(=O)C(C)(C)C)CC2)n1. The fourth-order valence-electron chi connectivity index (χ4n) is 3.69. The lowest BCUT2D eigenvalue weighted by atomic mass is 9.79. The standard InChI is InChI=1S/C22H30N4O/c1-15-24-14-19(17-9-11-23-12-10-17)20(26-15)18-7-5-16(6-8-18)13-25-21(27)22(2,3)4/h9-12,14,16,18H,5-8,13H2,1-4H3,(H,25,27). The second kappa shape index (κ2) is 8.15. The van der Waals surface area contributed by atoms with Gasteiger partial charge >= 0.3 is 0 Å². The van der Waals surface area contributed by atoms with Crippen LogP contribution in [0.5, 0.6) is 0 Å². The maximum atomic E-state index is 12.1. The summed E-state index contributed by atoms with van der Waals surface area (Å²) in [5.41, 5.74) is 3.08. The average molecular weight is 367 g/mol. The number of pyridine rings is 1. The van der Waals surface area contributed by atoms with Gasteiger partial charge in [-0.05, 0) is 56.2 Å². The maximum absolute atomic E-state index is 12.1. The molecule has 144 valence electrons. The van der Waals surface area contributed by atoms with Crippen molar-refractivity contribution >= 4 is 5.91 Å². The topological polar surface area (TPSA) is 67.8 Å². The lowest BCUT2D eigenvalue weighted by Gasteiger charge is -2.30. The van der Waals surface area contributed by atoms with Gasteiger partial charge in [0.15, 0.2) is 0 Å². The van der Waals surface area contributed by atoms with Crippen molar-refractivity contribution in [3.05, 3.63) is 42.2 Å². The minimum absolute atomic E-state index is 0.135. The maximum Gasteiger partial charge on any atom is 0.225 e. The number of hydrogen-bond donors (Lipinski definition) is 1. The molecule has 1 aliphatic rings. The van der Waals surface area contributed by atoms with Gasteiger partial charge in [0.2, 0.25) is 5.91 Å². The molecular weight excluding hydrogens is 336 g/mol. The first-order chi connectivity index (χ1) is 12.8. The highest BCUT2D eigenvalue weighted by Gasteiger charge is 2.27. The van der Waals surface area contributed by atoms with Crippen LogP contribution in [0.3, 0.4) is 0 Å². The summed E-state index contributed by atoms with van der Waals surface area (Å²) in [6.45, 7) is 8.60. The van der Waals surface area contributed by atoms with Crippen molar-refractivity contribution in [1.82, 2.24) is 20.3 Å². The summed E-state index contributed by atoms with van der Waals surface area (Å²) < 4.78 is 0. The summed E-state index contributed by atoms with van der Waals surface area (Å²) in [6.07, 6.45) is 10.0. The van der Waals surface area contributed by atoms with E-state index >= 15 is 0 Å². The fraction of sp³-hybridized carbons (Fsp3) is 0.545. The normalized spacial score (nSPS) is 20.3. The Labute approximate surface area is 162 Å². The zero-order valence-corrected chi connectivity index (χ0v) is 16.8. The molecule has 0 radical (unpaired) electrons. The number of amides is 1. The first-order valence-corrected chi connectivity index (χ1v) is 9.87. The Hall–Kier alpha value is -2.30. The quantitative estimate of drug-likeness (QED) is 0.877. The number of carbonyl (C=O) groups excluding carboxylic acids is 1. The lowest BCUT2D eigenvalue weighted by Crippen LogP contribution is -2.38. The third kappa shape index (κ3) is 4.90. The summed E-state index contributed by atoms with van der Waals surface area (Å²) >= 11 is 0. The zero-order valence-electron chi connectivity index (χ0n) is 16.8. The van der Waals surface area contributed by atoms with Crippen LogP contribution in [0.25, 0.3) is 11.1 Å². The molecule has 0 unspecified atom stereocenters. The Morgan fingerprint density at radius 1 is 1.15 bits per heavy atom. The van der Waals surface area contributed by atoms with E-state index < -0.39 is 0 Å². The first-order valence-electron chi connectivity index (χ1n) is 9.87. The fourth-order valence-corrected chi connectivity index (χ4v) is 3.69. The molecular formula is C22H30N4O. The minimum atomic E-state index is -0.324. The molecule has 1 aliphatic carbocycles. The highest BCUT2D eigenvalue weighted by molar-refractivity contribution is 5.81. The Morgan fingerprint density at radius 3 is 2.44 bits per heavy atom. The van der Waals surface area contributed by atoms with Crippen LogP contribution in [0.2, 0.25) is 0 Å². The molecule has 5 nitrogen and oxygen atoms in total. The van der Waals surface area contributed by atoms with Crippen LogP contribution < -0.4 is 5.32 Å². The summed E-state index contributed by atoms with van der Waals surface area (Å²) in [6, 6.07) is 4.04. The largest absolute Gasteiger partial charge is 0.355 e. The van der Waals surface area contributed by atoms with Gasteiger partial charge in [-0.2, -0.15) is 0 Å². The third-order valence-electron chi connectivity index (χ3n) is 5.40. The van der Waals surface area contributed by atoms with Gasteiger partial charge in [0.05, 0.1) is 5.69 Å². The minimum Gasteiger partial charge on any atom is -0.355 e. The highest BCUT2D eigenvalue weighted by Crippen LogP contribution is 2.38. The van der Waals surface area contributed by atoms with Gasteiger partial charge in [-0.3, -0.25) is 9.78 Å². The average Bonchev–Trinajstić information content (AvgIpc) is 2.66. The highest BCUT2D eigenvalue weighted by atomic mass is 16.2. The van der Waals surface area contributed by atoms with Gasteiger partial charge in [0.25, 0.3) is 0 Å². The van der Waals surface area contributed by atoms with Gasteiger partial charge in [0, 0.05) is 42.0 Å². The Kier molecular flexibility index (Phi) is 5.88. The number of aromatic nitrogens is 3. The van der Waals surface area contributed by atoms with Gasteiger partial charge < -0.3 is 5.32 Å². The second-order valence-electron chi connectivity index (χ2n) is 8.63. The molecule has 2 aromatic rings. The predicted octanol–water partition coefficient (Wildman–Crippen LogP) is 4.28. The molecule has 1 saturated carbocycles. The Morgan fingerprint density at radius 2 is 1.81 bits per heavy atom. The molecule has 1 fully saturated rings. The number of carbonyl (C=O) groups is 1. The van der Waals surface area contributed by atoms with Crippen molar-refractivity contribution < 1.29 is 4.79 Å². The Bertz CT molecular complexity index is 775. The van der Waals surface area contributed by atoms with Crippen molar-refractivity contribution in [2.24, 2.45) is 11.3 Å². The smallest absolute Gasteiger partial charge is 0.225 e. The van der Waals surface area contributed by atoms with Crippen molar-refractivity contribution in [2.45, 2.75) is 59.3 Å². The van der Waals surface area contributed by atoms with E-state index in [1.54, 1.807) is 0 Å². The Balaban J connectivity index is 1.66. The third-order valence-corrected chi connectivity index (χ3v) is 5.40. The van der Waals surface area contributed by atoms with Gasteiger partial charge in [-0.15, -0.1) is 0 Å². The summed E-state index contributed by atoms with van der Waals surface area (Å²) in [4.78, 5) is 25.4. The zero-order chi connectivity index (χ0) is 19.4. The van der Waals surface area contributed by atoms with Crippen LogP contribution in [0.1, 0.15) is 63.9 Å². The molecule has 0 spiro atoms. The van der Waals surface area contributed by atoms with Crippen molar-refractivity contribution in [2.75, 3.05) is 6.54 Å². The molecule has 1 amide bonds. The van der Waals surface area contributed by atoms with Crippen LogP contribution in [0.4, 0.5) is 0 Å². The second-order valence-corrected chi connectivity index (χ2v) is 8.63. The molecule has 2 heterocycles. The molecule has 0 saturated heterocycles. The van der Waals surface area contributed by atoms with E-state index in [0.717, 1.165) is 54.9 Å². The van der Waals surface area contributed by atoms with Crippen LogP contribution in [0, 0.1) is 18.3 Å². The number of hydrogen-bond acceptors (Lipinski definition) is 4. The van der Waals surface area contributed by atoms with E-state index in [2.05, 4.69) is 15.3 Å². The summed E-state index contributed by atoms with van der Waals surface area (Å²) in [5, 5.41) is 3.12. The number of rotatable bonds is 4.